The predicted octanol–water partition coefficient (Wildman–Crippen LogP) is 2.14. The standard InChI is InChI=1S/C10H18ClN5S/c1-7(5-6-17-4)12-9-13-8(11)14-10(15-9)16(2)3/h7H,5-6H2,1-4H3,(H,12,13,14,15). The second-order valence-electron chi connectivity index (χ2n) is 3.95. The number of hydrogen-bond donors (Lipinski definition) is 1. The topological polar surface area (TPSA) is 53.9 Å². The Morgan fingerprint density at radius 3 is 2.65 bits per heavy atom. The molecule has 0 aliphatic rings. The van der Waals surface area contributed by atoms with Gasteiger partial charge >= 0.3 is 0 Å². The molecule has 0 bridgehead atoms. The predicted molar refractivity (Wildman–Crippen MR) is 75.2 cm³/mol. The van der Waals surface area contributed by atoms with Gasteiger partial charge in [-0.05, 0) is 37.0 Å². The maximum atomic E-state index is 5.85. The van der Waals surface area contributed by atoms with Gasteiger partial charge in [-0.1, -0.05) is 0 Å². The lowest BCUT2D eigenvalue weighted by molar-refractivity contribution is 0.757. The van der Waals surface area contributed by atoms with E-state index in [-0.39, 0.29) is 5.28 Å². The fourth-order valence-corrected chi connectivity index (χ4v) is 1.94. The molecule has 1 atom stereocenters. The number of aromatic nitrogens is 3. The van der Waals surface area contributed by atoms with Crippen LogP contribution in [0, 0.1) is 0 Å². The van der Waals surface area contributed by atoms with Gasteiger partial charge in [0, 0.05) is 20.1 Å². The molecule has 0 aliphatic carbocycles. The van der Waals surface area contributed by atoms with Gasteiger partial charge in [-0.2, -0.15) is 26.7 Å². The third-order valence-corrected chi connectivity index (χ3v) is 2.94. The first-order valence-corrected chi connectivity index (χ1v) is 7.14. The molecule has 1 aromatic heterocycles. The highest BCUT2D eigenvalue weighted by Crippen LogP contribution is 2.13. The summed E-state index contributed by atoms with van der Waals surface area (Å²) in [4.78, 5) is 14.2. The zero-order valence-electron chi connectivity index (χ0n) is 10.6. The number of hydrogen-bond acceptors (Lipinski definition) is 6. The van der Waals surface area contributed by atoms with Gasteiger partial charge in [0.1, 0.15) is 0 Å². The molecule has 0 fully saturated rings. The number of nitrogens with zero attached hydrogens (tertiary/aromatic N) is 4. The molecule has 1 aromatic rings. The van der Waals surface area contributed by atoms with Crippen molar-refractivity contribution < 1.29 is 0 Å². The van der Waals surface area contributed by atoms with E-state index < -0.39 is 0 Å². The SMILES string of the molecule is CSCCC(C)Nc1nc(Cl)nc(N(C)C)n1. The smallest absolute Gasteiger partial charge is 0.230 e. The van der Waals surface area contributed by atoms with Gasteiger partial charge in [-0.3, -0.25) is 0 Å². The summed E-state index contributed by atoms with van der Waals surface area (Å²) in [6.45, 7) is 2.10. The fraction of sp³-hybridized carbons (Fsp3) is 0.700. The van der Waals surface area contributed by atoms with E-state index in [0.717, 1.165) is 12.2 Å². The lowest BCUT2D eigenvalue weighted by atomic mass is 10.3. The van der Waals surface area contributed by atoms with Crippen molar-refractivity contribution >= 4 is 35.3 Å². The quantitative estimate of drug-likeness (QED) is 0.859. The Morgan fingerprint density at radius 2 is 2.06 bits per heavy atom. The van der Waals surface area contributed by atoms with Crippen LogP contribution in [0.5, 0.6) is 0 Å². The summed E-state index contributed by atoms with van der Waals surface area (Å²) < 4.78 is 0. The Kier molecular flexibility index (Phi) is 5.77. The third kappa shape index (κ3) is 4.95. The van der Waals surface area contributed by atoms with Gasteiger partial charge in [0.05, 0.1) is 0 Å². The normalized spacial score (nSPS) is 12.3. The molecule has 0 saturated carbocycles. The van der Waals surface area contributed by atoms with E-state index in [1.807, 2.05) is 25.9 Å². The van der Waals surface area contributed by atoms with Crippen molar-refractivity contribution in [3.8, 4) is 0 Å². The summed E-state index contributed by atoms with van der Waals surface area (Å²) in [5.74, 6) is 2.19. The van der Waals surface area contributed by atoms with E-state index in [9.17, 15) is 0 Å². The van der Waals surface area contributed by atoms with E-state index in [4.69, 9.17) is 11.6 Å². The summed E-state index contributed by atoms with van der Waals surface area (Å²) in [5.41, 5.74) is 0. The third-order valence-electron chi connectivity index (χ3n) is 2.13. The second kappa shape index (κ2) is 6.86. The molecule has 0 aliphatic heterocycles. The van der Waals surface area contributed by atoms with Crippen molar-refractivity contribution in [2.75, 3.05) is 36.3 Å². The van der Waals surface area contributed by atoms with Crippen LogP contribution in [0.15, 0.2) is 0 Å². The van der Waals surface area contributed by atoms with Crippen molar-refractivity contribution in [3.05, 3.63) is 5.28 Å². The maximum Gasteiger partial charge on any atom is 0.230 e. The zero-order chi connectivity index (χ0) is 12.8. The van der Waals surface area contributed by atoms with Gasteiger partial charge in [-0.15, -0.1) is 0 Å². The Bertz CT molecular complexity index is 361. The van der Waals surface area contributed by atoms with Crippen molar-refractivity contribution in [2.45, 2.75) is 19.4 Å². The molecule has 0 radical (unpaired) electrons. The molecular formula is C10H18ClN5S. The Hall–Kier alpha value is -0.750. The summed E-state index contributed by atoms with van der Waals surface area (Å²) in [6, 6.07) is 0.316. The molecular weight excluding hydrogens is 258 g/mol. The lowest BCUT2D eigenvalue weighted by Crippen LogP contribution is -2.20. The average molecular weight is 276 g/mol. The molecule has 1 unspecified atom stereocenters. The Balaban J connectivity index is 2.70. The van der Waals surface area contributed by atoms with Crippen LogP contribution >= 0.6 is 23.4 Å². The summed E-state index contributed by atoms with van der Waals surface area (Å²) in [6.07, 6.45) is 3.15. The molecule has 0 aromatic carbocycles. The molecule has 7 heteroatoms. The first-order valence-electron chi connectivity index (χ1n) is 5.37. The van der Waals surface area contributed by atoms with Gasteiger partial charge in [0.15, 0.2) is 0 Å². The lowest BCUT2D eigenvalue weighted by Gasteiger charge is -2.15. The summed E-state index contributed by atoms with van der Waals surface area (Å²) >= 11 is 7.67. The minimum Gasteiger partial charge on any atom is -0.352 e. The van der Waals surface area contributed by atoms with Crippen molar-refractivity contribution in [3.63, 3.8) is 0 Å². The minimum absolute atomic E-state index is 0.211. The number of halogens is 1. The van der Waals surface area contributed by atoms with E-state index in [2.05, 4.69) is 33.4 Å². The fourth-order valence-electron chi connectivity index (χ4n) is 1.19. The zero-order valence-corrected chi connectivity index (χ0v) is 12.1. The number of thioether (sulfide) groups is 1. The van der Waals surface area contributed by atoms with Gasteiger partial charge in [0.25, 0.3) is 0 Å². The highest BCUT2D eigenvalue weighted by atomic mass is 35.5. The van der Waals surface area contributed by atoms with Crippen LogP contribution in [0.1, 0.15) is 13.3 Å². The van der Waals surface area contributed by atoms with E-state index >= 15 is 0 Å². The van der Waals surface area contributed by atoms with E-state index in [1.54, 1.807) is 4.90 Å². The van der Waals surface area contributed by atoms with Gasteiger partial charge in [-0.25, -0.2) is 0 Å². The molecule has 1 N–H and O–H groups in total. The highest BCUT2D eigenvalue weighted by molar-refractivity contribution is 7.98. The first kappa shape index (κ1) is 14.3. The first-order chi connectivity index (χ1) is 8.02. The van der Waals surface area contributed by atoms with E-state index in [0.29, 0.717) is 17.9 Å². The molecule has 0 saturated heterocycles. The van der Waals surface area contributed by atoms with Crippen LogP contribution in [0.25, 0.3) is 0 Å². The van der Waals surface area contributed by atoms with Crippen LogP contribution < -0.4 is 10.2 Å². The van der Waals surface area contributed by atoms with Gasteiger partial charge < -0.3 is 10.2 Å². The Labute approximate surface area is 111 Å². The summed E-state index contributed by atoms with van der Waals surface area (Å²) in [5, 5.41) is 3.44. The van der Waals surface area contributed by atoms with E-state index in [1.165, 1.54) is 0 Å². The maximum absolute atomic E-state index is 5.85. The van der Waals surface area contributed by atoms with Gasteiger partial charge in [0.2, 0.25) is 17.2 Å². The van der Waals surface area contributed by atoms with Crippen LogP contribution in [-0.4, -0.2) is 47.1 Å². The molecule has 0 spiro atoms. The second-order valence-corrected chi connectivity index (χ2v) is 5.27. The van der Waals surface area contributed by atoms with Crippen LogP contribution in [0.3, 0.4) is 0 Å². The molecule has 1 heterocycles. The van der Waals surface area contributed by atoms with Crippen LogP contribution in [0.4, 0.5) is 11.9 Å². The average Bonchev–Trinajstić information content (AvgIpc) is 2.25. The summed E-state index contributed by atoms with van der Waals surface area (Å²) in [7, 11) is 3.74. The highest BCUT2D eigenvalue weighted by Gasteiger charge is 2.09. The molecule has 96 valence electrons. The molecule has 1 rings (SSSR count). The monoisotopic (exact) mass is 275 g/mol. The Morgan fingerprint density at radius 1 is 1.35 bits per heavy atom. The number of nitrogens with one attached hydrogen (secondary N) is 1. The number of rotatable bonds is 6. The van der Waals surface area contributed by atoms with Crippen LogP contribution in [-0.2, 0) is 0 Å². The molecule has 17 heavy (non-hydrogen) atoms. The largest absolute Gasteiger partial charge is 0.352 e. The van der Waals surface area contributed by atoms with Crippen molar-refractivity contribution in [2.24, 2.45) is 0 Å². The number of anilines is 2. The van der Waals surface area contributed by atoms with Crippen molar-refractivity contribution in [1.82, 2.24) is 15.0 Å². The van der Waals surface area contributed by atoms with Crippen LogP contribution in [0.2, 0.25) is 5.28 Å². The molecule has 0 amide bonds. The minimum atomic E-state index is 0.211. The van der Waals surface area contributed by atoms with Crippen molar-refractivity contribution in [1.29, 1.82) is 0 Å². The molecule has 5 nitrogen and oxygen atoms in total.